The average Bonchev–Trinajstić information content (AvgIpc) is 2.83. The molecular formula is C28H31ClN2O2. The van der Waals surface area contributed by atoms with Crippen molar-refractivity contribution >= 4 is 23.4 Å². The number of nitrogens with zero attached hydrogens (tertiary/aromatic N) is 1. The van der Waals surface area contributed by atoms with Crippen LogP contribution in [0.4, 0.5) is 0 Å². The predicted molar refractivity (Wildman–Crippen MR) is 134 cm³/mol. The number of rotatable bonds is 10. The lowest BCUT2D eigenvalue weighted by molar-refractivity contribution is -0.141. The summed E-state index contributed by atoms with van der Waals surface area (Å²) < 4.78 is 0. The highest BCUT2D eigenvalue weighted by molar-refractivity contribution is 6.31. The molecule has 0 aliphatic heterocycles. The van der Waals surface area contributed by atoms with Gasteiger partial charge in [0.25, 0.3) is 0 Å². The van der Waals surface area contributed by atoms with Crippen molar-refractivity contribution in [2.24, 2.45) is 0 Å². The normalized spacial score (nSPS) is 12.6. The van der Waals surface area contributed by atoms with E-state index in [2.05, 4.69) is 5.32 Å². The summed E-state index contributed by atoms with van der Waals surface area (Å²) in [6.07, 6.45) is 1.45. The van der Waals surface area contributed by atoms with E-state index in [0.717, 1.165) is 23.1 Å². The Bertz CT molecular complexity index is 1040. The Morgan fingerprint density at radius 2 is 1.45 bits per heavy atom. The summed E-state index contributed by atoms with van der Waals surface area (Å²) in [6, 6.07) is 26.2. The fourth-order valence-electron chi connectivity index (χ4n) is 3.68. The van der Waals surface area contributed by atoms with Crippen molar-refractivity contribution in [1.29, 1.82) is 0 Å². The second-order valence-corrected chi connectivity index (χ2v) is 8.71. The molecule has 0 heterocycles. The van der Waals surface area contributed by atoms with E-state index in [9.17, 15) is 9.59 Å². The zero-order valence-corrected chi connectivity index (χ0v) is 20.0. The average molecular weight is 463 g/mol. The third-order valence-corrected chi connectivity index (χ3v) is 6.14. The molecule has 0 aromatic heterocycles. The number of halogens is 1. The predicted octanol–water partition coefficient (Wildman–Crippen LogP) is 5.44. The smallest absolute Gasteiger partial charge is 0.243 e. The van der Waals surface area contributed by atoms with Gasteiger partial charge in [-0.3, -0.25) is 9.59 Å². The number of amides is 2. The van der Waals surface area contributed by atoms with Gasteiger partial charge in [0, 0.05) is 24.0 Å². The zero-order chi connectivity index (χ0) is 23.6. The van der Waals surface area contributed by atoms with E-state index in [1.807, 2.05) is 98.8 Å². The molecule has 1 N–H and O–H groups in total. The van der Waals surface area contributed by atoms with Crippen LogP contribution < -0.4 is 5.32 Å². The number of carbonyl (C=O) groups excluding carboxylic acids is 2. The van der Waals surface area contributed by atoms with E-state index in [-0.39, 0.29) is 30.8 Å². The summed E-state index contributed by atoms with van der Waals surface area (Å²) in [5.41, 5.74) is 2.72. The van der Waals surface area contributed by atoms with Crippen molar-refractivity contribution in [2.75, 3.05) is 0 Å². The minimum atomic E-state index is -0.658. The monoisotopic (exact) mass is 462 g/mol. The zero-order valence-electron chi connectivity index (χ0n) is 19.2. The Hall–Kier alpha value is -3.11. The fourth-order valence-corrected chi connectivity index (χ4v) is 3.87. The topological polar surface area (TPSA) is 49.4 Å². The van der Waals surface area contributed by atoms with Crippen LogP contribution in [0.2, 0.25) is 5.02 Å². The van der Waals surface area contributed by atoms with Gasteiger partial charge in [-0.25, -0.2) is 0 Å². The van der Waals surface area contributed by atoms with Crippen LogP contribution in [0.15, 0.2) is 84.9 Å². The van der Waals surface area contributed by atoms with Crippen LogP contribution >= 0.6 is 11.6 Å². The van der Waals surface area contributed by atoms with Gasteiger partial charge in [-0.1, -0.05) is 97.4 Å². The lowest BCUT2D eigenvalue weighted by Gasteiger charge is -2.32. The first kappa shape index (κ1) is 24.5. The highest BCUT2D eigenvalue weighted by Gasteiger charge is 2.31. The van der Waals surface area contributed by atoms with E-state index < -0.39 is 6.04 Å². The summed E-state index contributed by atoms with van der Waals surface area (Å²) in [4.78, 5) is 28.8. The van der Waals surface area contributed by atoms with Crippen LogP contribution in [-0.4, -0.2) is 28.8 Å². The number of nitrogens with one attached hydrogen (secondary N) is 1. The molecule has 2 atom stereocenters. The molecule has 0 saturated carbocycles. The molecule has 172 valence electrons. The van der Waals surface area contributed by atoms with Crippen molar-refractivity contribution in [3.05, 3.63) is 107 Å². The van der Waals surface area contributed by atoms with Crippen molar-refractivity contribution in [2.45, 2.75) is 51.7 Å². The third kappa shape index (κ3) is 7.19. The van der Waals surface area contributed by atoms with E-state index in [4.69, 9.17) is 11.6 Å². The second kappa shape index (κ2) is 12.2. The highest BCUT2D eigenvalue weighted by atomic mass is 35.5. The van der Waals surface area contributed by atoms with Gasteiger partial charge in [-0.05, 0) is 36.1 Å². The minimum absolute atomic E-state index is 0.0159. The Morgan fingerprint density at radius 1 is 0.879 bits per heavy atom. The molecule has 3 aromatic carbocycles. The molecule has 0 bridgehead atoms. The molecule has 0 saturated heterocycles. The lowest BCUT2D eigenvalue weighted by atomic mass is 10.0. The summed E-state index contributed by atoms with van der Waals surface area (Å²) in [5.74, 6) is -0.261. The maximum atomic E-state index is 13.6. The first-order valence-corrected chi connectivity index (χ1v) is 11.8. The van der Waals surface area contributed by atoms with Gasteiger partial charge in [0.1, 0.15) is 6.04 Å². The molecule has 0 radical (unpaired) electrons. The van der Waals surface area contributed by atoms with Crippen molar-refractivity contribution in [3.8, 4) is 0 Å². The number of hydrogen-bond acceptors (Lipinski definition) is 2. The minimum Gasteiger partial charge on any atom is -0.352 e. The van der Waals surface area contributed by atoms with E-state index >= 15 is 0 Å². The van der Waals surface area contributed by atoms with Crippen molar-refractivity contribution < 1.29 is 9.59 Å². The first-order valence-electron chi connectivity index (χ1n) is 11.4. The summed E-state index contributed by atoms with van der Waals surface area (Å²) in [6.45, 7) is 4.26. The van der Waals surface area contributed by atoms with Crippen LogP contribution in [0.1, 0.15) is 37.0 Å². The quantitative estimate of drug-likeness (QED) is 0.436. The van der Waals surface area contributed by atoms with Gasteiger partial charge in [-0.2, -0.15) is 0 Å². The van der Waals surface area contributed by atoms with Crippen LogP contribution in [0.25, 0.3) is 0 Å². The summed E-state index contributed by atoms with van der Waals surface area (Å²) in [5, 5.41) is 3.66. The third-order valence-electron chi connectivity index (χ3n) is 5.77. The van der Waals surface area contributed by atoms with E-state index in [1.54, 1.807) is 4.90 Å². The van der Waals surface area contributed by atoms with E-state index in [0.29, 0.717) is 11.4 Å². The first-order chi connectivity index (χ1) is 16.0. The van der Waals surface area contributed by atoms with Gasteiger partial charge in [0.15, 0.2) is 0 Å². The molecule has 33 heavy (non-hydrogen) atoms. The molecule has 0 aliphatic carbocycles. The van der Waals surface area contributed by atoms with Crippen LogP contribution in [0.5, 0.6) is 0 Å². The Kier molecular flexibility index (Phi) is 9.08. The second-order valence-electron chi connectivity index (χ2n) is 8.30. The molecule has 2 amide bonds. The number of carbonyl (C=O) groups is 2. The molecule has 5 heteroatoms. The van der Waals surface area contributed by atoms with Gasteiger partial charge in [0.05, 0.1) is 6.42 Å². The van der Waals surface area contributed by atoms with E-state index in [1.165, 1.54) is 0 Å². The molecule has 3 rings (SSSR count). The molecule has 0 spiro atoms. The number of hydrogen-bond donors (Lipinski definition) is 1. The highest BCUT2D eigenvalue weighted by Crippen LogP contribution is 2.21. The standard InChI is InChI=1S/C28H31ClN2O2/c1-3-21(2)30-28(33)26(18-22-12-6-4-7-13-22)31(20-24-16-10-11-17-25(24)29)27(32)19-23-14-8-5-9-15-23/h4-17,21,26H,3,18-20H2,1-2H3,(H,30,33)/t21-,26-/m1/s1. The Labute approximate surface area is 201 Å². The molecule has 0 aliphatic rings. The maximum absolute atomic E-state index is 13.6. The van der Waals surface area contributed by atoms with Crippen molar-refractivity contribution in [1.82, 2.24) is 10.2 Å². The van der Waals surface area contributed by atoms with Crippen molar-refractivity contribution in [3.63, 3.8) is 0 Å². The SMILES string of the molecule is CC[C@@H](C)NC(=O)[C@@H](Cc1ccccc1)N(Cc1ccccc1Cl)C(=O)Cc1ccccc1. The molecule has 0 fully saturated rings. The largest absolute Gasteiger partial charge is 0.352 e. The lowest BCUT2D eigenvalue weighted by Crippen LogP contribution is -2.52. The fraction of sp³-hybridized carbons (Fsp3) is 0.286. The van der Waals surface area contributed by atoms with Gasteiger partial charge < -0.3 is 10.2 Å². The Morgan fingerprint density at radius 3 is 2.06 bits per heavy atom. The summed E-state index contributed by atoms with van der Waals surface area (Å²) >= 11 is 6.45. The van der Waals surface area contributed by atoms with Gasteiger partial charge in [0.2, 0.25) is 11.8 Å². The molecular weight excluding hydrogens is 432 g/mol. The Balaban J connectivity index is 1.97. The number of benzene rings is 3. The maximum Gasteiger partial charge on any atom is 0.243 e. The van der Waals surface area contributed by atoms with Gasteiger partial charge >= 0.3 is 0 Å². The summed E-state index contributed by atoms with van der Waals surface area (Å²) in [7, 11) is 0. The van der Waals surface area contributed by atoms with Crippen LogP contribution in [0, 0.1) is 0 Å². The van der Waals surface area contributed by atoms with Crippen LogP contribution in [0.3, 0.4) is 0 Å². The molecule has 0 unspecified atom stereocenters. The molecule has 4 nitrogen and oxygen atoms in total. The van der Waals surface area contributed by atoms with Crippen LogP contribution in [-0.2, 0) is 29.0 Å². The molecule has 3 aromatic rings. The van der Waals surface area contributed by atoms with Gasteiger partial charge in [-0.15, -0.1) is 0 Å².